The predicted molar refractivity (Wildman–Crippen MR) is 178 cm³/mol. The summed E-state index contributed by atoms with van der Waals surface area (Å²) < 4.78 is 35.5. The third kappa shape index (κ3) is 8.51. The number of amides is 2. The van der Waals surface area contributed by atoms with E-state index in [1.807, 2.05) is 82.3 Å². The topological polar surface area (TPSA) is 96.0 Å². The van der Waals surface area contributed by atoms with E-state index in [9.17, 15) is 18.0 Å². The van der Waals surface area contributed by atoms with Crippen molar-refractivity contribution in [2.45, 2.75) is 51.6 Å². The maximum Gasteiger partial charge on any atom is 0.264 e. The van der Waals surface area contributed by atoms with E-state index >= 15 is 0 Å². The van der Waals surface area contributed by atoms with Crippen LogP contribution in [0.3, 0.4) is 0 Å². The molecular weight excluding hydrogens is 586 g/mol. The molecule has 1 atom stereocenters. The van der Waals surface area contributed by atoms with Crippen molar-refractivity contribution in [2.24, 2.45) is 0 Å². The second kappa shape index (κ2) is 15.4. The number of carbonyl (C=O) groups excluding carboxylic acids is 2. The summed E-state index contributed by atoms with van der Waals surface area (Å²) in [5, 5.41) is 2.88. The van der Waals surface area contributed by atoms with Crippen LogP contribution < -0.4 is 14.4 Å². The molecule has 0 aliphatic carbocycles. The van der Waals surface area contributed by atoms with Crippen LogP contribution in [0.15, 0.2) is 108 Å². The first kappa shape index (κ1) is 33.3. The molecule has 0 fully saturated rings. The Kier molecular flexibility index (Phi) is 11.4. The van der Waals surface area contributed by atoms with Crippen molar-refractivity contribution < 1.29 is 22.7 Å². The number of aryl methyl sites for hydroxylation is 2. The Hall–Kier alpha value is -4.63. The minimum Gasteiger partial charge on any atom is -0.492 e. The zero-order chi connectivity index (χ0) is 32.4. The van der Waals surface area contributed by atoms with Gasteiger partial charge in [0.1, 0.15) is 18.3 Å². The fraction of sp³-hybridized carbons (Fsp3) is 0.278. The Labute approximate surface area is 266 Å². The molecule has 8 nitrogen and oxygen atoms in total. The lowest BCUT2D eigenvalue weighted by atomic mass is 10.0. The van der Waals surface area contributed by atoms with Gasteiger partial charge in [0.2, 0.25) is 11.8 Å². The SMILES string of the molecule is CCNC(=O)[C@@H](Cc1ccccc1)N(Cc1ccc(C)cc1)C(=O)CN(c1ccccc1OCC)S(=O)(=O)c1ccc(C)cc1. The third-order valence-electron chi connectivity index (χ3n) is 7.42. The minimum atomic E-state index is -4.23. The fourth-order valence-electron chi connectivity index (χ4n) is 5.03. The number of sulfonamides is 1. The van der Waals surface area contributed by atoms with Gasteiger partial charge in [0.15, 0.2) is 0 Å². The number of benzene rings is 4. The van der Waals surface area contributed by atoms with E-state index in [2.05, 4.69) is 5.32 Å². The molecule has 0 unspecified atom stereocenters. The number of nitrogens with one attached hydrogen (secondary N) is 1. The normalized spacial score (nSPS) is 11.8. The molecule has 4 rings (SSSR count). The minimum absolute atomic E-state index is 0.0434. The molecule has 4 aromatic rings. The van der Waals surface area contributed by atoms with Crippen LogP contribution in [-0.2, 0) is 32.6 Å². The van der Waals surface area contributed by atoms with Crippen LogP contribution in [0.4, 0.5) is 5.69 Å². The standard InChI is InChI=1S/C36H41N3O5S/c1-5-37-36(41)33(24-29-12-8-7-9-13-29)38(25-30-20-16-27(3)17-21-30)35(40)26-39(32-14-10-11-15-34(32)44-6-2)45(42,43)31-22-18-28(4)19-23-31/h7-23,33H,5-6,24-26H2,1-4H3,(H,37,41)/t33-/m1/s1. The fourth-order valence-corrected chi connectivity index (χ4v) is 6.45. The van der Waals surface area contributed by atoms with Crippen LogP contribution in [0, 0.1) is 13.8 Å². The quantitative estimate of drug-likeness (QED) is 0.194. The molecule has 0 spiro atoms. The Morgan fingerprint density at radius 3 is 2.00 bits per heavy atom. The maximum atomic E-state index is 14.5. The van der Waals surface area contributed by atoms with Crippen molar-refractivity contribution in [3.63, 3.8) is 0 Å². The Morgan fingerprint density at radius 1 is 0.778 bits per heavy atom. The van der Waals surface area contributed by atoms with E-state index in [4.69, 9.17) is 4.74 Å². The van der Waals surface area contributed by atoms with E-state index in [1.165, 1.54) is 17.0 Å². The second-order valence-electron chi connectivity index (χ2n) is 10.8. The van der Waals surface area contributed by atoms with Gasteiger partial charge in [0.05, 0.1) is 17.2 Å². The number of likely N-dealkylation sites (N-methyl/N-ethyl adjacent to an activating group) is 1. The molecule has 0 aliphatic rings. The van der Waals surface area contributed by atoms with Crippen LogP contribution in [0.2, 0.25) is 0 Å². The van der Waals surface area contributed by atoms with Crippen LogP contribution in [0.1, 0.15) is 36.1 Å². The molecule has 1 N–H and O–H groups in total. The van der Waals surface area contributed by atoms with Crippen molar-refractivity contribution in [2.75, 3.05) is 24.0 Å². The van der Waals surface area contributed by atoms with E-state index in [1.54, 1.807) is 36.4 Å². The summed E-state index contributed by atoms with van der Waals surface area (Å²) in [7, 11) is -4.23. The van der Waals surface area contributed by atoms with Gasteiger partial charge in [-0.2, -0.15) is 0 Å². The molecule has 0 saturated carbocycles. The lowest BCUT2D eigenvalue weighted by Crippen LogP contribution is -2.53. The van der Waals surface area contributed by atoms with Crippen LogP contribution in [0.25, 0.3) is 0 Å². The molecular formula is C36H41N3O5S. The summed E-state index contributed by atoms with van der Waals surface area (Å²) in [6, 6.07) is 29.6. The van der Waals surface area contributed by atoms with Crippen molar-refractivity contribution in [3.05, 3.63) is 125 Å². The van der Waals surface area contributed by atoms with Crippen molar-refractivity contribution in [1.82, 2.24) is 10.2 Å². The first-order chi connectivity index (χ1) is 21.6. The maximum absolute atomic E-state index is 14.5. The third-order valence-corrected chi connectivity index (χ3v) is 9.19. The summed E-state index contributed by atoms with van der Waals surface area (Å²) in [5.74, 6) is -0.507. The summed E-state index contributed by atoms with van der Waals surface area (Å²) in [5.41, 5.74) is 3.90. The first-order valence-electron chi connectivity index (χ1n) is 15.1. The lowest BCUT2D eigenvalue weighted by Gasteiger charge is -2.34. The summed E-state index contributed by atoms with van der Waals surface area (Å²) in [6.45, 7) is 7.74. The predicted octanol–water partition coefficient (Wildman–Crippen LogP) is 5.67. The van der Waals surface area contributed by atoms with Gasteiger partial charge in [-0.3, -0.25) is 13.9 Å². The molecule has 0 heterocycles. The van der Waals surface area contributed by atoms with Crippen molar-refractivity contribution >= 4 is 27.5 Å². The smallest absolute Gasteiger partial charge is 0.264 e. The van der Waals surface area contributed by atoms with E-state index in [-0.39, 0.29) is 29.5 Å². The van der Waals surface area contributed by atoms with E-state index in [0.717, 1.165) is 26.6 Å². The molecule has 9 heteroatoms. The number of ether oxygens (including phenoxy) is 1. The highest BCUT2D eigenvalue weighted by Gasteiger charge is 2.35. The molecule has 2 amide bonds. The molecule has 45 heavy (non-hydrogen) atoms. The zero-order valence-electron chi connectivity index (χ0n) is 26.3. The van der Waals surface area contributed by atoms with Gasteiger partial charge in [-0.1, -0.05) is 90.0 Å². The summed E-state index contributed by atoms with van der Waals surface area (Å²) >= 11 is 0. The summed E-state index contributed by atoms with van der Waals surface area (Å²) in [4.78, 5) is 29.7. The van der Waals surface area contributed by atoms with Gasteiger partial charge in [-0.05, 0) is 63.1 Å². The molecule has 0 radical (unpaired) electrons. The molecule has 236 valence electrons. The average Bonchev–Trinajstić information content (AvgIpc) is 3.03. The molecule has 0 saturated heterocycles. The highest BCUT2D eigenvalue weighted by molar-refractivity contribution is 7.92. The van der Waals surface area contributed by atoms with Crippen LogP contribution >= 0.6 is 0 Å². The number of nitrogens with zero attached hydrogens (tertiary/aromatic N) is 2. The average molecular weight is 628 g/mol. The number of hydrogen-bond acceptors (Lipinski definition) is 5. The molecule has 0 bridgehead atoms. The van der Waals surface area contributed by atoms with E-state index < -0.39 is 28.5 Å². The molecule has 4 aromatic carbocycles. The number of carbonyl (C=O) groups is 2. The first-order valence-corrected chi connectivity index (χ1v) is 16.6. The van der Waals surface area contributed by atoms with Crippen LogP contribution in [-0.4, -0.2) is 50.9 Å². The van der Waals surface area contributed by atoms with Crippen molar-refractivity contribution in [1.29, 1.82) is 0 Å². The van der Waals surface area contributed by atoms with Crippen molar-refractivity contribution in [3.8, 4) is 5.75 Å². The Morgan fingerprint density at radius 2 is 1.38 bits per heavy atom. The van der Waals surface area contributed by atoms with Crippen LogP contribution in [0.5, 0.6) is 5.75 Å². The van der Waals surface area contributed by atoms with E-state index in [0.29, 0.717) is 18.9 Å². The molecule has 0 aromatic heterocycles. The highest BCUT2D eigenvalue weighted by atomic mass is 32.2. The van der Waals surface area contributed by atoms with Gasteiger partial charge < -0.3 is 15.0 Å². The Balaban J connectivity index is 1.82. The second-order valence-corrected chi connectivity index (χ2v) is 12.7. The van der Waals surface area contributed by atoms with Gasteiger partial charge in [-0.15, -0.1) is 0 Å². The number of rotatable bonds is 14. The zero-order valence-corrected chi connectivity index (χ0v) is 27.1. The Bertz CT molecular complexity index is 1670. The van der Waals surface area contributed by atoms with Gasteiger partial charge >= 0.3 is 0 Å². The van der Waals surface area contributed by atoms with Gasteiger partial charge in [-0.25, -0.2) is 8.42 Å². The number of hydrogen-bond donors (Lipinski definition) is 1. The summed E-state index contributed by atoms with van der Waals surface area (Å²) in [6.07, 6.45) is 0.254. The highest BCUT2D eigenvalue weighted by Crippen LogP contribution is 2.33. The monoisotopic (exact) mass is 627 g/mol. The number of anilines is 1. The van der Waals surface area contributed by atoms with Gasteiger partial charge in [0.25, 0.3) is 10.0 Å². The largest absolute Gasteiger partial charge is 0.492 e. The molecule has 0 aliphatic heterocycles. The number of para-hydroxylation sites is 2. The lowest BCUT2D eigenvalue weighted by molar-refractivity contribution is -0.140. The van der Waals surface area contributed by atoms with Gasteiger partial charge in [0, 0.05) is 19.5 Å².